The van der Waals surface area contributed by atoms with Crippen molar-refractivity contribution in [2.75, 3.05) is 12.3 Å². The molecule has 1 amide bonds. The Kier molecular flexibility index (Phi) is 4.88. The first-order valence-electron chi connectivity index (χ1n) is 6.56. The average molecular weight is 297 g/mol. The lowest BCUT2D eigenvalue weighted by molar-refractivity contribution is -0.123. The van der Waals surface area contributed by atoms with Gasteiger partial charge in [0.25, 0.3) is 5.91 Å². The number of carbonyl (C=O) groups is 1. The van der Waals surface area contributed by atoms with Gasteiger partial charge in [0.2, 0.25) is 0 Å². The number of aryl methyl sites for hydroxylation is 1. The Bertz CT molecular complexity index is 707. The van der Waals surface area contributed by atoms with Crippen LogP contribution in [-0.2, 0) is 11.3 Å². The number of benzene rings is 1. The summed E-state index contributed by atoms with van der Waals surface area (Å²) in [7, 11) is 0. The molecule has 2 aromatic rings. The van der Waals surface area contributed by atoms with Crippen LogP contribution in [0.25, 0.3) is 0 Å². The highest BCUT2D eigenvalue weighted by Gasteiger charge is 2.06. The van der Waals surface area contributed by atoms with E-state index in [9.17, 15) is 4.79 Å². The van der Waals surface area contributed by atoms with E-state index in [1.165, 1.54) is 0 Å². The maximum absolute atomic E-state index is 11.7. The van der Waals surface area contributed by atoms with E-state index in [0.29, 0.717) is 28.5 Å². The number of aromatic nitrogens is 2. The molecule has 112 valence electrons. The van der Waals surface area contributed by atoms with Gasteiger partial charge < -0.3 is 15.8 Å². The van der Waals surface area contributed by atoms with Crippen molar-refractivity contribution < 1.29 is 9.53 Å². The molecular weight excluding hydrogens is 282 g/mol. The van der Waals surface area contributed by atoms with Crippen LogP contribution in [0.2, 0.25) is 0 Å². The van der Waals surface area contributed by atoms with E-state index in [2.05, 4.69) is 15.3 Å². The topological polar surface area (TPSA) is 114 Å². The highest BCUT2D eigenvalue weighted by molar-refractivity contribution is 5.77. The number of amides is 1. The largest absolute Gasteiger partial charge is 0.484 e. The van der Waals surface area contributed by atoms with E-state index in [0.717, 1.165) is 0 Å². The number of nitrogens with two attached hydrogens (primary N) is 1. The monoisotopic (exact) mass is 297 g/mol. The van der Waals surface area contributed by atoms with Crippen LogP contribution in [-0.4, -0.2) is 22.5 Å². The third-order valence-electron chi connectivity index (χ3n) is 2.85. The summed E-state index contributed by atoms with van der Waals surface area (Å²) < 4.78 is 5.32. The fraction of sp³-hybridized carbons (Fsp3) is 0.200. The molecule has 2 rings (SSSR count). The first kappa shape index (κ1) is 15.3. The number of hydrogen-bond acceptors (Lipinski definition) is 6. The second-order valence-corrected chi connectivity index (χ2v) is 4.53. The quantitative estimate of drug-likeness (QED) is 0.848. The summed E-state index contributed by atoms with van der Waals surface area (Å²) in [6, 6.07) is 8.53. The van der Waals surface area contributed by atoms with Crippen LogP contribution in [0.1, 0.15) is 17.0 Å². The van der Waals surface area contributed by atoms with Crippen molar-refractivity contribution in [3.05, 3.63) is 47.4 Å². The number of hydrogen-bond donors (Lipinski definition) is 2. The summed E-state index contributed by atoms with van der Waals surface area (Å²) in [4.78, 5) is 19.8. The molecule has 0 fully saturated rings. The zero-order chi connectivity index (χ0) is 15.9. The van der Waals surface area contributed by atoms with E-state index >= 15 is 0 Å². The molecule has 1 heterocycles. The van der Waals surface area contributed by atoms with Gasteiger partial charge in [-0.3, -0.25) is 4.79 Å². The molecule has 0 radical (unpaired) electrons. The zero-order valence-corrected chi connectivity index (χ0v) is 12.0. The molecule has 0 unspecified atom stereocenters. The molecule has 0 saturated carbocycles. The first-order chi connectivity index (χ1) is 10.6. The molecule has 0 aliphatic rings. The smallest absolute Gasteiger partial charge is 0.258 e. The zero-order valence-electron chi connectivity index (χ0n) is 12.0. The summed E-state index contributed by atoms with van der Waals surface area (Å²) in [6.45, 7) is 1.85. The molecule has 0 saturated heterocycles. The third-order valence-corrected chi connectivity index (χ3v) is 2.85. The van der Waals surface area contributed by atoms with Crippen molar-refractivity contribution in [1.29, 1.82) is 5.26 Å². The van der Waals surface area contributed by atoms with Crippen LogP contribution in [0, 0.1) is 18.3 Å². The number of nitrogens with zero attached hydrogens (tertiary/aromatic N) is 3. The Morgan fingerprint density at radius 2 is 2.14 bits per heavy atom. The van der Waals surface area contributed by atoms with Gasteiger partial charge in [-0.1, -0.05) is 0 Å². The Hall–Kier alpha value is -3.14. The third kappa shape index (κ3) is 4.18. The van der Waals surface area contributed by atoms with Gasteiger partial charge in [-0.05, 0) is 31.2 Å². The SMILES string of the molecule is Cc1ncc(CNC(=O)COc2ccc(C#N)cc2)c(N)n1. The Labute approximate surface area is 127 Å². The van der Waals surface area contributed by atoms with Crippen LogP contribution >= 0.6 is 0 Å². The van der Waals surface area contributed by atoms with Gasteiger partial charge in [0.1, 0.15) is 17.4 Å². The number of rotatable bonds is 5. The molecule has 0 spiro atoms. The number of carbonyl (C=O) groups excluding carboxylic acids is 1. The minimum Gasteiger partial charge on any atom is -0.484 e. The standard InChI is InChI=1S/C15H15N5O2/c1-10-18-7-12(15(17)20-10)8-19-14(21)9-22-13-4-2-11(6-16)3-5-13/h2-5,7H,8-9H2,1H3,(H,19,21)(H2,17,18,20). The van der Waals surface area contributed by atoms with Crippen molar-refractivity contribution in [2.24, 2.45) is 0 Å². The van der Waals surface area contributed by atoms with Gasteiger partial charge in [-0.15, -0.1) is 0 Å². The second-order valence-electron chi connectivity index (χ2n) is 4.53. The van der Waals surface area contributed by atoms with E-state index in [1.54, 1.807) is 37.4 Å². The second kappa shape index (κ2) is 7.04. The van der Waals surface area contributed by atoms with Crippen LogP contribution in [0.5, 0.6) is 5.75 Å². The Morgan fingerprint density at radius 3 is 2.77 bits per heavy atom. The number of anilines is 1. The summed E-state index contributed by atoms with van der Waals surface area (Å²) >= 11 is 0. The number of nitriles is 1. The lowest BCUT2D eigenvalue weighted by Gasteiger charge is -2.08. The molecule has 22 heavy (non-hydrogen) atoms. The molecule has 0 aliphatic carbocycles. The summed E-state index contributed by atoms with van der Waals surface area (Å²) in [5, 5.41) is 11.4. The van der Waals surface area contributed by atoms with Gasteiger partial charge in [-0.2, -0.15) is 5.26 Å². The van der Waals surface area contributed by atoms with Gasteiger partial charge in [0, 0.05) is 18.3 Å². The fourth-order valence-corrected chi connectivity index (χ4v) is 1.67. The molecule has 1 aromatic heterocycles. The maximum Gasteiger partial charge on any atom is 0.258 e. The first-order valence-corrected chi connectivity index (χ1v) is 6.56. The predicted molar refractivity (Wildman–Crippen MR) is 79.7 cm³/mol. The van der Waals surface area contributed by atoms with Crippen LogP contribution in [0.4, 0.5) is 5.82 Å². The van der Waals surface area contributed by atoms with Crippen molar-refractivity contribution in [2.45, 2.75) is 13.5 Å². The molecule has 7 heteroatoms. The normalized spacial score (nSPS) is 9.82. The van der Waals surface area contributed by atoms with Crippen molar-refractivity contribution in [3.63, 3.8) is 0 Å². The number of ether oxygens (including phenoxy) is 1. The molecule has 3 N–H and O–H groups in total. The van der Waals surface area contributed by atoms with Crippen LogP contribution in [0.3, 0.4) is 0 Å². The Balaban J connectivity index is 1.81. The highest BCUT2D eigenvalue weighted by atomic mass is 16.5. The molecular formula is C15H15N5O2. The number of nitrogens with one attached hydrogen (secondary N) is 1. The summed E-state index contributed by atoms with van der Waals surface area (Å²) in [5.74, 6) is 1.16. The summed E-state index contributed by atoms with van der Waals surface area (Å²) in [5.41, 5.74) is 6.92. The highest BCUT2D eigenvalue weighted by Crippen LogP contribution is 2.11. The van der Waals surface area contributed by atoms with E-state index in [1.807, 2.05) is 6.07 Å². The van der Waals surface area contributed by atoms with Crippen molar-refractivity contribution in [1.82, 2.24) is 15.3 Å². The molecule has 0 bridgehead atoms. The van der Waals surface area contributed by atoms with E-state index in [-0.39, 0.29) is 19.1 Å². The fourth-order valence-electron chi connectivity index (χ4n) is 1.67. The molecule has 0 atom stereocenters. The van der Waals surface area contributed by atoms with Crippen LogP contribution < -0.4 is 15.8 Å². The van der Waals surface area contributed by atoms with Crippen molar-refractivity contribution in [3.8, 4) is 11.8 Å². The van der Waals surface area contributed by atoms with Gasteiger partial charge in [0.05, 0.1) is 11.6 Å². The molecule has 7 nitrogen and oxygen atoms in total. The van der Waals surface area contributed by atoms with Crippen molar-refractivity contribution >= 4 is 11.7 Å². The molecule has 0 aliphatic heterocycles. The van der Waals surface area contributed by atoms with Gasteiger partial charge in [0.15, 0.2) is 6.61 Å². The lowest BCUT2D eigenvalue weighted by atomic mass is 10.2. The Morgan fingerprint density at radius 1 is 1.41 bits per heavy atom. The number of nitrogen functional groups attached to an aromatic ring is 1. The van der Waals surface area contributed by atoms with Crippen LogP contribution in [0.15, 0.2) is 30.5 Å². The summed E-state index contributed by atoms with van der Waals surface area (Å²) in [6.07, 6.45) is 1.58. The predicted octanol–water partition coefficient (Wildman–Crippen LogP) is 0.934. The molecule has 1 aromatic carbocycles. The van der Waals surface area contributed by atoms with E-state index < -0.39 is 0 Å². The minimum atomic E-state index is -0.288. The van der Waals surface area contributed by atoms with Gasteiger partial charge in [-0.25, -0.2) is 9.97 Å². The average Bonchev–Trinajstić information content (AvgIpc) is 2.52. The maximum atomic E-state index is 11.7. The van der Waals surface area contributed by atoms with E-state index in [4.69, 9.17) is 15.7 Å². The van der Waals surface area contributed by atoms with Gasteiger partial charge >= 0.3 is 0 Å². The lowest BCUT2D eigenvalue weighted by Crippen LogP contribution is -2.28. The minimum absolute atomic E-state index is 0.126.